The van der Waals surface area contributed by atoms with Crippen LogP contribution in [-0.2, 0) is 4.74 Å². The first-order valence-corrected chi connectivity index (χ1v) is 6.35. The molecule has 1 unspecified atom stereocenters. The highest BCUT2D eigenvalue weighted by Crippen LogP contribution is 2.28. The summed E-state index contributed by atoms with van der Waals surface area (Å²) in [6.07, 6.45) is 5.14. The molecule has 0 heterocycles. The maximum absolute atomic E-state index is 5.63. The van der Waals surface area contributed by atoms with E-state index in [1.807, 2.05) is 0 Å². The predicted molar refractivity (Wildman–Crippen MR) is 63.9 cm³/mol. The Labute approximate surface area is 93.8 Å². The van der Waals surface area contributed by atoms with Gasteiger partial charge >= 0.3 is 0 Å². The standard InChI is InChI=1S/C12H26N2O/c1-2-11(9-13)5-6-14-7-8-15-10-12-3-4-12/h11-12,14H,2-10,13H2,1H3. The van der Waals surface area contributed by atoms with Crippen molar-refractivity contribution in [3.63, 3.8) is 0 Å². The Hall–Kier alpha value is -0.120. The van der Waals surface area contributed by atoms with Crippen LogP contribution >= 0.6 is 0 Å². The summed E-state index contributed by atoms with van der Waals surface area (Å²) >= 11 is 0. The van der Waals surface area contributed by atoms with Gasteiger partial charge in [0.15, 0.2) is 0 Å². The summed E-state index contributed by atoms with van der Waals surface area (Å²) in [7, 11) is 0. The Bertz CT molecular complexity index is 145. The smallest absolute Gasteiger partial charge is 0.0591 e. The second-order valence-corrected chi connectivity index (χ2v) is 4.57. The number of hydrogen-bond donors (Lipinski definition) is 2. The molecule has 1 fully saturated rings. The maximum atomic E-state index is 5.63. The second kappa shape index (κ2) is 8.08. The van der Waals surface area contributed by atoms with Crippen LogP contribution in [0.2, 0.25) is 0 Å². The third-order valence-corrected chi connectivity index (χ3v) is 3.11. The summed E-state index contributed by atoms with van der Waals surface area (Å²) in [5, 5.41) is 3.40. The predicted octanol–water partition coefficient (Wildman–Crippen LogP) is 1.38. The highest BCUT2D eigenvalue weighted by Gasteiger charge is 2.20. The largest absolute Gasteiger partial charge is 0.380 e. The van der Waals surface area contributed by atoms with Crippen molar-refractivity contribution in [3.05, 3.63) is 0 Å². The summed E-state index contributed by atoms with van der Waals surface area (Å²) in [4.78, 5) is 0. The van der Waals surface area contributed by atoms with Crippen LogP contribution in [0.1, 0.15) is 32.6 Å². The van der Waals surface area contributed by atoms with Gasteiger partial charge in [-0.2, -0.15) is 0 Å². The average Bonchev–Trinajstić information content (AvgIpc) is 3.06. The molecule has 1 aliphatic rings. The van der Waals surface area contributed by atoms with Crippen molar-refractivity contribution in [3.8, 4) is 0 Å². The zero-order chi connectivity index (χ0) is 10.9. The first-order chi connectivity index (χ1) is 7.36. The van der Waals surface area contributed by atoms with Gasteiger partial charge in [0.05, 0.1) is 6.61 Å². The van der Waals surface area contributed by atoms with Crippen molar-refractivity contribution in [2.24, 2.45) is 17.6 Å². The number of rotatable bonds is 10. The summed E-state index contributed by atoms with van der Waals surface area (Å²) in [6, 6.07) is 0. The molecule has 1 atom stereocenters. The lowest BCUT2D eigenvalue weighted by Gasteiger charge is -2.12. The molecule has 0 spiro atoms. The van der Waals surface area contributed by atoms with Crippen LogP contribution in [0.15, 0.2) is 0 Å². The lowest BCUT2D eigenvalue weighted by Crippen LogP contribution is -2.25. The van der Waals surface area contributed by atoms with Crippen molar-refractivity contribution in [1.29, 1.82) is 0 Å². The van der Waals surface area contributed by atoms with Crippen LogP contribution in [0.25, 0.3) is 0 Å². The molecule has 1 rings (SSSR count). The average molecular weight is 214 g/mol. The minimum absolute atomic E-state index is 0.685. The number of hydrogen-bond acceptors (Lipinski definition) is 3. The topological polar surface area (TPSA) is 47.3 Å². The van der Waals surface area contributed by atoms with Gasteiger partial charge in [-0.1, -0.05) is 13.3 Å². The molecule has 1 aliphatic carbocycles. The van der Waals surface area contributed by atoms with Crippen LogP contribution < -0.4 is 11.1 Å². The molecule has 0 bridgehead atoms. The second-order valence-electron chi connectivity index (χ2n) is 4.57. The fraction of sp³-hybridized carbons (Fsp3) is 1.00. The van der Waals surface area contributed by atoms with E-state index < -0.39 is 0 Å². The van der Waals surface area contributed by atoms with Gasteiger partial charge in [-0.05, 0) is 44.2 Å². The van der Waals surface area contributed by atoms with Crippen molar-refractivity contribution < 1.29 is 4.74 Å². The van der Waals surface area contributed by atoms with E-state index in [-0.39, 0.29) is 0 Å². The molecule has 3 nitrogen and oxygen atoms in total. The highest BCUT2D eigenvalue weighted by atomic mass is 16.5. The van der Waals surface area contributed by atoms with E-state index in [1.165, 1.54) is 25.7 Å². The summed E-state index contributed by atoms with van der Waals surface area (Å²) in [5.74, 6) is 1.57. The molecule has 90 valence electrons. The van der Waals surface area contributed by atoms with Gasteiger partial charge < -0.3 is 15.8 Å². The number of ether oxygens (including phenoxy) is 1. The number of nitrogens with one attached hydrogen (secondary N) is 1. The van der Waals surface area contributed by atoms with Crippen LogP contribution in [0, 0.1) is 11.8 Å². The maximum Gasteiger partial charge on any atom is 0.0591 e. The zero-order valence-corrected chi connectivity index (χ0v) is 10.0. The quantitative estimate of drug-likeness (QED) is 0.540. The lowest BCUT2D eigenvalue weighted by molar-refractivity contribution is 0.126. The third kappa shape index (κ3) is 6.88. The molecule has 0 aliphatic heterocycles. The molecule has 15 heavy (non-hydrogen) atoms. The molecule has 0 aromatic carbocycles. The van der Waals surface area contributed by atoms with Gasteiger partial charge in [0.25, 0.3) is 0 Å². The van der Waals surface area contributed by atoms with Crippen LogP contribution in [0.5, 0.6) is 0 Å². The Balaban J connectivity index is 1.75. The summed E-state index contributed by atoms with van der Waals surface area (Å²) < 4.78 is 5.53. The van der Waals surface area contributed by atoms with E-state index in [2.05, 4.69) is 12.2 Å². The molecular weight excluding hydrogens is 188 g/mol. The van der Waals surface area contributed by atoms with E-state index in [1.54, 1.807) is 0 Å². The SMILES string of the molecule is CCC(CN)CCNCCOCC1CC1. The van der Waals surface area contributed by atoms with E-state index in [0.29, 0.717) is 5.92 Å². The first-order valence-electron chi connectivity index (χ1n) is 6.35. The number of nitrogens with two attached hydrogens (primary N) is 1. The van der Waals surface area contributed by atoms with E-state index in [9.17, 15) is 0 Å². The Kier molecular flexibility index (Phi) is 6.98. The van der Waals surface area contributed by atoms with Crippen molar-refractivity contribution >= 4 is 0 Å². The Morgan fingerprint density at radius 2 is 2.20 bits per heavy atom. The lowest BCUT2D eigenvalue weighted by atomic mass is 10.0. The molecule has 1 saturated carbocycles. The fourth-order valence-corrected chi connectivity index (χ4v) is 1.60. The van der Waals surface area contributed by atoms with Crippen LogP contribution in [0.3, 0.4) is 0 Å². The third-order valence-electron chi connectivity index (χ3n) is 3.11. The monoisotopic (exact) mass is 214 g/mol. The van der Waals surface area contributed by atoms with Crippen molar-refractivity contribution in [2.75, 3.05) is 32.8 Å². The van der Waals surface area contributed by atoms with Gasteiger partial charge in [-0.25, -0.2) is 0 Å². The van der Waals surface area contributed by atoms with Gasteiger partial charge in [-0.3, -0.25) is 0 Å². The Morgan fingerprint density at radius 1 is 1.40 bits per heavy atom. The fourth-order valence-electron chi connectivity index (χ4n) is 1.60. The highest BCUT2D eigenvalue weighted by molar-refractivity contribution is 4.71. The molecule has 0 saturated heterocycles. The minimum atomic E-state index is 0.685. The molecular formula is C12H26N2O. The Morgan fingerprint density at radius 3 is 2.80 bits per heavy atom. The zero-order valence-electron chi connectivity index (χ0n) is 10.0. The van der Waals surface area contributed by atoms with E-state index >= 15 is 0 Å². The van der Waals surface area contributed by atoms with Crippen LogP contribution in [-0.4, -0.2) is 32.8 Å². The van der Waals surface area contributed by atoms with E-state index in [4.69, 9.17) is 10.5 Å². The van der Waals surface area contributed by atoms with Crippen LogP contribution in [0.4, 0.5) is 0 Å². The molecule has 0 radical (unpaired) electrons. The molecule has 0 aromatic heterocycles. The molecule has 3 heteroatoms. The summed E-state index contributed by atoms with van der Waals surface area (Å²) in [6.45, 7) is 6.90. The first kappa shape index (κ1) is 12.9. The van der Waals surface area contributed by atoms with Crippen molar-refractivity contribution in [2.45, 2.75) is 32.6 Å². The van der Waals surface area contributed by atoms with Crippen molar-refractivity contribution in [1.82, 2.24) is 5.32 Å². The molecule has 0 amide bonds. The van der Waals surface area contributed by atoms with Gasteiger partial charge in [-0.15, -0.1) is 0 Å². The minimum Gasteiger partial charge on any atom is -0.380 e. The summed E-state index contributed by atoms with van der Waals surface area (Å²) in [5.41, 5.74) is 5.63. The van der Waals surface area contributed by atoms with E-state index in [0.717, 1.165) is 38.8 Å². The molecule has 0 aromatic rings. The van der Waals surface area contributed by atoms with Gasteiger partial charge in [0.1, 0.15) is 0 Å². The normalized spacial score (nSPS) is 18.0. The van der Waals surface area contributed by atoms with Gasteiger partial charge in [0.2, 0.25) is 0 Å². The molecule has 3 N–H and O–H groups in total. The van der Waals surface area contributed by atoms with Gasteiger partial charge in [0, 0.05) is 13.2 Å².